The first kappa shape index (κ1) is 11.5. The number of nitrogens with one attached hydrogen (secondary N) is 1. The quantitative estimate of drug-likeness (QED) is 0.833. The lowest BCUT2D eigenvalue weighted by Gasteiger charge is -2.25. The Morgan fingerprint density at radius 2 is 2.33 bits per heavy atom. The molecule has 1 aliphatic rings. The summed E-state index contributed by atoms with van der Waals surface area (Å²) in [7, 11) is 0. The minimum absolute atomic E-state index is 0.678. The van der Waals surface area contributed by atoms with Crippen molar-refractivity contribution in [2.45, 2.75) is 23.7 Å². The molecule has 0 aromatic heterocycles. The number of benzene rings is 1. The normalized spacial score (nSPS) is 21.6. The molecule has 1 heterocycles. The van der Waals surface area contributed by atoms with Crippen LogP contribution in [0, 0.1) is 0 Å². The van der Waals surface area contributed by atoms with Gasteiger partial charge in [-0.15, -0.1) is 11.8 Å². The molecule has 0 saturated carbocycles. The predicted octanol–water partition coefficient (Wildman–Crippen LogP) is 3.64. The summed E-state index contributed by atoms with van der Waals surface area (Å²) in [6.07, 6.45) is 4.75. The molecule has 1 aliphatic heterocycles. The summed E-state index contributed by atoms with van der Waals surface area (Å²) >= 11 is 5.53. The van der Waals surface area contributed by atoms with Crippen molar-refractivity contribution in [3.05, 3.63) is 28.2 Å². The van der Waals surface area contributed by atoms with Crippen LogP contribution in [0.4, 0.5) is 0 Å². The second kappa shape index (κ2) is 5.37. The average Bonchev–Trinajstić information content (AvgIpc) is 2.29. The van der Waals surface area contributed by atoms with E-state index in [1.54, 1.807) is 0 Å². The predicted molar refractivity (Wildman–Crippen MR) is 70.8 cm³/mol. The Hall–Kier alpha value is 0.01000. The largest absolute Gasteiger partial charge is 0.316 e. The van der Waals surface area contributed by atoms with E-state index in [9.17, 15) is 0 Å². The van der Waals surface area contributed by atoms with Gasteiger partial charge in [0.15, 0.2) is 0 Å². The maximum Gasteiger partial charge on any atom is 0.0221 e. The molecule has 1 saturated heterocycles. The number of halogens is 1. The molecule has 1 aromatic carbocycles. The summed E-state index contributed by atoms with van der Waals surface area (Å²) in [4.78, 5) is 1.41. The molecule has 2 rings (SSSR count). The highest BCUT2D eigenvalue weighted by molar-refractivity contribution is 9.10. The molecule has 0 amide bonds. The molecule has 15 heavy (non-hydrogen) atoms. The first-order valence-electron chi connectivity index (χ1n) is 5.36. The third-order valence-electron chi connectivity index (χ3n) is 2.94. The van der Waals surface area contributed by atoms with E-state index in [1.165, 1.54) is 34.3 Å². The molecule has 1 unspecified atom stereocenters. The smallest absolute Gasteiger partial charge is 0.0221 e. The molecule has 3 heteroatoms. The maximum atomic E-state index is 3.68. The first-order valence-corrected chi connectivity index (χ1v) is 7.38. The van der Waals surface area contributed by atoms with Gasteiger partial charge < -0.3 is 5.32 Å². The molecular weight excluding hydrogens is 270 g/mol. The minimum Gasteiger partial charge on any atom is -0.316 e. The van der Waals surface area contributed by atoms with E-state index in [4.69, 9.17) is 0 Å². The van der Waals surface area contributed by atoms with E-state index < -0.39 is 0 Å². The molecule has 0 radical (unpaired) electrons. The number of hydrogen-bond acceptors (Lipinski definition) is 2. The highest BCUT2D eigenvalue weighted by atomic mass is 79.9. The number of rotatable bonds is 2. The van der Waals surface area contributed by atoms with Crippen molar-refractivity contribution in [2.75, 3.05) is 19.3 Å². The Kier molecular flexibility index (Phi) is 4.12. The van der Waals surface area contributed by atoms with Crippen LogP contribution in [0.3, 0.4) is 0 Å². The lowest BCUT2D eigenvalue weighted by Crippen LogP contribution is -2.28. The molecule has 82 valence electrons. The van der Waals surface area contributed by atoms with Crippen LogP contribution in [0.5, 0.6) is 0 Å². The van der Waals surface area contributed by atoms with Crippen LogP contribution >= 0.6 is 27.7 Å². The van der Waals surface area contributed by atoms with Crippen molar-refractivity contribution in [1.29, 1.82) is 0 Å². The number of thioether (sulfide) groups is 1. The van der Waals surface area contributed by atoms with E-state index >= 15 is 0 Å². The van der Waals surface area contributed by atoms with Crippen LogP contribution in [-0.2, 0) is 0 Å². The van der Waals surface area contributed by atoms with Crippen molar-refractivity contribution < 1.29 is 0 Å². The molecular formula is C12H16BrNS. The van der Waals surface area contributed by atoms with Gasteiger partial charge in [0.1, 0.15) is 0 Å². The fourth-order valence-corrected chi connectivity index (χ4v) is 3.72. The molecule has 1 atom stereocenters. The Bertz CT molecular complexity index is 334. The highest BCUT2D eigenvalue weighted by Crippen LogP contribution is 2.36. The van der Waals surface area contributed by atoms with Crippen molar-refractivity contribution in [2.24, 2.45) is 0 Å². The Morgan fingerprint density at radius 3 is 3.00 bits per heavy atom. The van der Waals surface area contributed by atoms with Crippen LogP contribution < -0.4 is 5.32 Å². The van der Waals surface area contributed by atoms with Gasteiger partial charge >= 0.3 is 0 Å². The van der Waals surface area contributed by atoms with E-state index in [-0.39, 0.29) is 0 Å². The van der Waals surface area contributed by atoms with Crippen molar-refractivity contribution >= 4 is 27.7 Å². The second-order valence-electron chi connectivity index (χ2n) is 3.90. The Morgan fingerprint density at radius 1 is 1.47 bits per heavy atom. The van der Waals surface area contributed by atoms with Crippen LogP contribution in [0.1, 0.15) is 24.3 Å². The third-order valence-corrected chi connectivity index (χ3v) is 4.43. The zero-order valence-electron chi connectivity index (χ0n) is 8.92. The SMILES string of the molecule is CSc1cccc(Br)c1C1CCCNC1. The molecule has 1 N–H and O–H groups in total. The van der Waals surface area contributed by atoms with Gasteiger partial charge in [0.2, 0.25) is 0 Å². The fourth-order valence-electron chi connectivity index (χ4n) is 2.19. The number of hydrogen-bond donors (Lipinski definition) is 1. The van der Waals surface area contributed by atoms with E-state index in [0.717, 1.165) is 6.54 Å². The fraction of sp³-hybridized carbons (Fsp3) is 0.500. The topological polar surface area (TPSA) is 12.0 Å². The summed E-state index contributed by atoms with van der Waals surface area (Å²) < 4.78 is 1.27. The van der Waals surface area contributed by atoms with Crippen molar-refractivity contribution in [3.8, 4) is 0 Å². The van der Waals surface area contributed by atoms with Gasteiger partial charge in [0.25, 0.3) is 0 Å². The second-order valence-corrected chi connectivity index (χ2v) is 5.60. The Labute approximate surface area is 104 Å². The molecule has 0 aliphatic carbocycles. The summed E-state index contributed by atoms with van der Waals surface area (Å²) in [5.74, 6) is 0.678. The van der Waals surface area contributed by atoms with E-state index in [2.05, 4.69) is 45.7 Å². The first-order chi connectivity index (χ1) is 7.33. The van der Waals surface area contributed by atoms with Crippen LogP contribution in [0.15, 0.2) is 27.6 Å². The molecule has 0 bridgehead atoms. The van der Waals surface area contributed by atoms with Gasteiger partial charge in [-0.05, 0) is 49.3 Å². The summed E-state index contributed by atoms with van der Waals surface area (Å²) in [5.41, 5.74) is 1.50. The minimum atomic E-state index is 0.678. The lowest BCUT2D eigenvalue weighted by molar-refractivity contribution is 0.456. The van der Waals surface area contributed by atoms with Gasteiger partial charge in [-0.2, -0.15) is 0 Å². The molecule has 0 spiro atoms. The zero-order chi connectivity index (χ0) is 10.7. The summed E-state index contributed by atoms with van der Waals surface area (Å²) in [6.45, 7) is 2.30. The van der Waals surface area contributed by atoms with Crippen LogP contribution in [0.25, 0.3) is 0 Å². The van der Waals surface area contributed by atoms with Gasteiger partial charge in [-0.1, -0.05) is 22.0 Å². The summed E-state index contributed by atoms with van der Waals surface area (Å²) in [5, 5.41) is 3.48. The molecule has 1 nitrogen and oxygen atoms in total. The monoisotopic (exact) mass is 285 g/mol. The standard InChI is InChI=1S/C12H16BrNS/c1-15-11-6-2-5-10(13)12(11)9-4-3-7-14-8-9/h2,5-6,9,14H,3-4,7-8H2,1H3. The van der Waals surface area contributed by atoms with Gasteiger partial charge in [0, 0.05) is 15.9 Å². The van der Waals surface area contributed by atoms with Crippen LogP contribution in [-0.4, -0.2) is 19.3 Å². The zero-order valence-corrected chi connectivity index (χ0v) is 11.3. The molecule has 1 fully saturated rings. The maximum absolute atomic E-state index is 3.68. The third kappa shape index (κ3) is 2.58. The van der Waals surface area contributed by atoms with E-state index in [1.807, 2.05) is 11.8 Å². The van der Waals surface area contributed by atoms with Crippen molar-refractivity contribution in [1.82, 2.24) is 5.32 Å². The Balaban J connectivity index is 2.31. The van der Waals surface area contributed by atoms with Crippen molar-refractivity contribution in [3.63, 3.8) is 0 Å². The highest BCUT2D eigenvalue weighted by Gasteiger charge is 2.20. The summed E-state index contributed by atoms with van der Waals surface area (Å²) in [6, 6.07) is 6.50. The number of piperidine rings is 1. The molecule has 1 aromatic rings. The van der Waals surface area contributed by atoms with Gasteiger partial charge in [-0.3, -0.25) is 0 Å². The lowest BCUT2D eigenvalue weighted by atomic mass is 9.92. The van der Waals surface area contributed by atoms with E-state index in [0.29, 0.717) is 5.92 Å². The van der Waals surface area contributed by atoms with Gasteiger partial charge in [0.05, 0.1) is 0 Å². The van der Waals surface area contributed by atoms with Crippen LogP contribution in [0.2, 0.25) is 0 Å². The van der Waals surface area contributed by atoms with Gasteiger partial charge in [-0.25, -0.2) is 0 Å². The average molecular weight is 286 g/mol.